The molecule has 2 heterocycles. The summed E-state index contributed by atoms with van der Waals surface area (Å²) in [5.74, 6) is 0.678. The van der Waals surface area contributed by atoms with Gasteiger partial charge in [0.1, 0.15) is 5.82 Å². The molecule has 0 atom stereocenters. The molecule has 0 saturated carbocycles. The Balaban J connectivity index is 1.80. The van der Waals surface area contributed by atoms with Crippen LogP contribution in [0.3, 0.4) is 0 Å². The van der Waals surface area contributed by atoms with Gasteiger partial charge in [-0.05, 0) is 34.9 Å². The van der Waals surface area contributed by atoms with Crippen LogP contribution in [0, 0.1) is 0 Å². The topological polar surface area (TPSA) is 119 Å². The fraction of sp³-hybridized carbons (Fsp3) is 0.227. The number of benzene rings is 2. The number of tetrazole rings is 1. The second-order valence-electron chi connectivity index (χ2n) is 6.89. The Morgan fingerprint density at radius 3 is 2.48 bits per heavy atom. The number of aromatic nitrogens is 6. The van der Waals surface area contributed by atoms with Gasteiger partial charge in [-0.1, -0.05) is 43.3 Å². The summed E-state index contributed by atoms with van der Waals surface area (Å²) in [6.45, 7) is 1.69. The predicted molar refractivity (Wildman–Crippen MR) is 113 cm³/mol. The van der Waals surface area contributed by atoms with Crippen molar-refractivity contribution in [1.82, 2.24) is 30.2 Å². The number of methoxy groups -OCH3 is 1. The fourth-order valence-electron chi connectivity index (χ4n) is 3.60. The Labute approximate surface area is 178 Å². The molecule has 0 spiro atoms. The molecule has 0 radical (unpaired) electrons. The Morgan fingerprint density at radius 2 is 1.87 bits per heavy atom. The monoisotopic (exact) mass is 418 g/mol. The molecule has 0 unspecified atom stereocenters. The quantitative estimate of drug-likeness (QED) is 0.443. The Hall–Kier alpha value is -3.85. The van der Waals surface area contributed by atoms with Crippen LogP contribution in [0.4, 0.5) is 0 Å². The second-order valence-corrected chi connectivity index (χ2v) is 6.89. The third-order valence-corrected chi connectivity index (χ3v) is 4.97. The van der Waals surface area contributed by atoms with E-state index in [1.807, 2.05) is 55.5 Å². The van der Waals surface area contributed by atoms with Gasteiger partial charge < -0.3 is 9.84 Å². The molecule has 0 fully saturated rings. The number of rotatable bonds is 7. The van der Waals surface area contributed by atoms with Gasteiger partial charge in [-0.15, -0.1) is 10.2 Å². The first kappa shape index (κ1) is 20.4. The molecule has 0 saturated heterocycles. The van der Waals surface area contributed by atoms with Gasteiger partial charge in [0.15, 0.2) is 5.69 Å². The van der Waals surface area contributed by atoms with E-state index >= 15 is 0 Å². The zero-order chi connectivity index (χ0) is 21.8. The van der Waals surface area contributed by atoms with Crippen LogP contribution in [0.15, 0.2) is 48.5 Å². The maximum atomic E-state index is 12.5. The lowest BCUT2D eigenvalue weighted by Gasteiger charge is -2.13. The van der Waals surface area contributed by atoms with E-state index in [0.29, 0.717) is 23.8 Å². The third-order valence-electron chi connectivity index (χ3n) is 4.97. The normalized spacial score (nSPS) is 10.9. The van der Waals surface area contributed by atoms with Crippen molar-refractivity contribution in [3.8, 4) is 28.2 Å². The molecule has 0 aliphatic carbocycles. The van der Waals surface area contributed by atoms with Gasteiger partial charge in [0, 0.05) is 17.7 Å². The van der Waals surface area contributed by atoms with Gasteiger partial charge in [0.05, 0.1) is 19.4 Å². The Bertz CT molecular complexity index is 1180. The van der Waals surface area contributed by atoms with E-state index in [2.05, 4.69) is 25.6 Å². The standard InChI is InChI=1S/C22H22N6O3/c1-3-6-19-23-18(13-29)20(22(30)31-2)28(19)15-11-9-14(10-12-15)16-7-4-5-8-17(16)21-24-26-27-25-21/h4-5,7-12,29H,3,6,13H2,1-2H3,(H,24,25,26,27). The smallest absolute Gasteiger partial charge is 0.357 e. The number of aryl methyl sites for hydroxylation is 1. The van der Waals surface area contributed by atoms with Crippen molar-refractivity contribution in [2.75, 3.05) is 7.11 Å². The highest BCUT2D eigenvalue weighted by molar-refractivity contribution is 5.90. The highest BCUT2D eigenvalue weighted by atomic mass is 16.5. The van der Waals surface area contributed by atoms with Crippen molar-refractivity contribution >= 4 is 5.97 Å². The number of hydrogen-bond acceptors (Lipinski definition) is 7. The van der Waals surface area contributed by atoms with Gasteiger partial charge >= 0.3 is 5.97 Å². The Kier molecular flexibility index (Phi) is 5.85. The van der Waals surface area contributed by atoms with E-state index in [4.69, 9.17) is 4.74 Å². The average Bonchev–Trinajstić information content (AvgIpc) is 3.47. The summed E-state index contributed by atoms with van der Waals surface area (Å²) in [6, 6.07) is 15.5. The number of imidazole rings is 1. The average molecular weight is 418 g/mol. The predicted octanol–water partition coefficient (Wildman–Crippen LogP) is 2.95. The van der Waals surface area contributed by atoms with Crippen LogP contribution >= 0.6 is 0 Å². The molecule has 0 amide bonds. The number of aliphatic hydroxyl groups excluding tert-OH is 1. The molecule has 31 heavy (non-hydrogen) atoms. The molecule has 9 heteroatoms. The first-order valence-corrected chi connectivity index (χ1v) is 9.91. The number of carbonyl (C=O) groups is 1. The zero-order valence-electron chi connectivity index (χ0n) is 17.2. The summed E-state index contributed by atoms with van der Waals surface area (Å²) in [6.07, 6.45) is 1.51. The minimum absolute atomic E-state index is 0.244. The molecular formula is C22H22N6O3. The number of ether oxygens (including phenoxy) is 1. The van der Waals surface area contributed by atoms with Gasteiger partial charge in [-0.2, -0.15) is 5.21 Å². The molecule has 2 aromatic heterocycles. The molecule has 4 aromatic rings. The van der Waals surface area contributed by atoms with Crippen LogP contribution in [0.5, 0.6) is 0 Å². The summed E-state index contributed by atoms with van der Waals surface area (Å²) in [4.78, 5) is 16.9. The van der Waals surface area contributed by atoms with E-state index in [1.165, 1.54) is 7.11 Å². The second kappa shape index (κ2) is 8.88. The van der Waals surface area contributed by atoms with Crippen LogP contribution in [-0.2, 0) is 17.8 Å². The molecular weight excluding hydrogens is 396 g/mol. The van der Waals surface area contributed by atoms with Crippen molar-refractivity contribution < 1.29 is 14.6 Å². The Morgan fingerprint density at radius 1 is 1.13 bits per heavy atom. The molecule has 0 aliphatic heterocycles. The number of esters is 1. The molecule has 9 nitrogen and oxygen atoms in total. The largest absolute Gasteiger partial charge is 0.464 e. The van der Waals surface area contributed by atoms with E-state index in [0.717, 1.165) is 28.8 Å². The number of aromatic amines is 1. The third kappa shape index (κ3) is 3.82. The fourth-order valence-corrected chi connectivity index (χ4v) is 3.60. The van der Waals surface area contributed by atoms with E-state index < -0.39 is 5.97 Å². The van der Waals surface area contributed by atoms with Crippen LogP contribution in [0.1, 0.15) is 35.4 Å². The maximum Gasteiger partial charge on any atom is 0.357 e. The van der Waals surface area contributed by atoms with E-state index in [1.54, 1.807) is 4.57 Å². The summed E-state index contributed by atoms with van der Waals surface area (Å²) in [5.41, 5.74) is 4.09. The summed E-state index contributed by atoms with van der Waals surface area (Å²) in [5, 5.41) is 24.0. The van der Waals surface area contributed by atoms with Gasteiger partial charge in [-0.3, -0.25) is 4.57 Å². The number of nitrogens with one attached hydrogen (secondary N) is 1. The lowest BCUT2D eigenvalue weighted by Crippen LogP contribution is -2.13. The molecule has 0 bridgehead atoms. The summed E-state index contributed by atoms with van der Waals surface area (Å²) < 4.78 is 6.71. The number of hydrogen-bond donors (Lipinski definition) is 2. The van der Waals surface area contributed by atoms with Crippen molar-refractivity contribution in [1.29, 1.82) is 0 Å². The van der Waals surface area contributed by atoms with Crippen molar-refractivity contribution in [3.05, 3.63) is 65.7 Å². The van der Waals surface area contributed by atoms with Gasteiger partial charge in [0.25, 0.3) is 0 Å². The molecule has 0 aliphatic rings. The SMILES string of the molecule is CCCc1nc(CO)c(C(=O)OC)n1-c1ccc(-c2ccccc2-c2nn[nH]n2)cc1. The van der Waals surface area contributed by atoms with Crippen LogP contribution in [0.2, 0.25) is 0 Å². The van der Waals surface area contributed by atoms with E-state index in [9.17, 15) is 9.90 Å². The van der Waals surface area contributed by atoms with Crippen molar-refractivity contribution in [2.45, 2.75) is 26.4 Å². The number of nitrogens with zero attached hydrogens (tertiary/aromatic N) is 5. The highest BCUT2D eigenvalue weighted by Crippen LogP contribution is 2.31. The first-order valence-electron chi connectivity index (χ1n) is 9.91. The van der Waals surface area contributed by atoms with Crippen LogP contribution in [-0.4, -0.2) is 48.4 Å². The number of H-pyrrole nitrogens is 1. The van der Waals surface area contributed by atoms with Gasteiger partial charge in [0.2, 0.25) is 5.82 Å². The van der Waals surface area contributed by atoms with Crippen LogP contribution < -0.4 is 0 Å². The van der Waals surface area contributed by atoms with E-state index in [-0.39, 0.29) is 12.3 Å². The summed E-state index contributed by atoms with van der Waals surface area (Å²) >= 11 is 0. The number of carbonyl (C=O) groups excluding carboxylic acids is 1. The van der Waals surface area contributed by atoms with Crippen LogP contribution in [0.25, 0.3) is 28.2 Å². The molecule has 2 aromatic carbocycles. The minimum atomic E-state index is -0.537. The maximum absolute atomic E-state index is 12.5. The zero-order valence-corrected chi connectivity index (χ0v) is 17.2. The molecule has 2 N–H and O–H groups in total. The van der Waals surface area contributed by atoms with Crippen molar-refractivity contribution in [2.24, 2.45) is 0 Å². The summed E-state index contributed by atoms with van der Waals surface area (Å²) in [7, 11) is 1.32. The molecule has 158 valence electrons. The van der Waals surface area contributed by atoms with Crippen molar-refractivity contribution in [3.63, 3.8) is 0 Å². The first-order chi connectivity index (χ1) is 15.2. The molecule has 4 rings (SSSR count). The van der Waals surface area contributed by atoms with Gasteiger partial charge in [-0.25, -0.2) is 9.78 Å². The highest BCUT2D eigenvalue weighted by Gasteiger charge is 2.24. The number of aliphatic hydroxyl groups is 1. The minimum Gasteiger partial charge on any atom is -0.464 e. The lowest BCUT2D eigenvalue weighted by atomic mass is 9.99. The lowest BCUT2D eigenvalue weighted by molar-refractivity contribution is 0.0587.